The van der Waals surface area contributed by atoms with E-state index in [4.69, 9.17) is 10.8 Å². The van der Waals surface area contributed by atoms with Crippen molar-refractivity contribution in [2.45, 2.75) is 26.0 Å². The summed E-state index contributed by atoms with van der Waals surface area (Å²) in [4.78, 5) is 3.96. The lowest BCUT2D eigenvalue weighted by molar-refractivity contribution is 0.278. The van der Waals surface area contributed by atoms with E-state index in [2.05, 4.69) is 11.6 Å². The summed E-state index contributed by atoms with van der Waals surface area (Å²) in [7, 11) is 0. The van der Waals surface area contributed by atoms with Crippen molar-refractivity contribution in [2.75, 3.05) is 0 Å². The number of nitrogens with zero attached hydrogens (tertiary/aromatic N) is 1. The summed E-state index contributed by atoms with van der Waals surface area (Å²) in [5.41, 5.74) is 7.52. The van der Waals surface area contributed by atoms with E-state index < -0.39 is 0 Å². The van der Waals surface area contributed by atoms with Crippen LogP contribution in [0, 0.1) is 6.92 Å². The Kier molecular flexibility index (Phi) is 3.82. The lowest BCUT2D eigenvalue weighted by Crippen LogP contribution is -2.13. The second-order valence-electron chi connectivity index (χ2n) is 3.42. The zero-order chi connectivity index (χ0) is 11.4. The smallest absolute Gasteiger partial charge is 0.141 e. The van der Waals surface area contributed by atoms with Crippen LogP contribution in [0.5, 0.6) is 5.75 Å². The lowest BCUT2D eigenvalue weighted by Gasteiger charge is -2.16. The zero-order valence-corrected chi connectivity index (χ0v) is 8.77. The highest BCUT2D eigenvalue weighted by Gasteiger charge is 2.16. The van der Waals surface area contributed by atoms with E-state index >= 15 is 0 Å². The van der Waals surface area contributed by atoms with Crippen LogP contribution in [0.1, 0.15) is 29.3 Å². The van der Waals surface area contributed by atoms with Crippen LogP contribution >= 0.6 is 0 Å². The molecular weight excluding hydrogens is 192 g/mol. The van der Waals surface area contributed by atoms with Crippen LogP contribution in [-0.2, 0) is 6.61 Å². The first-order valence-corrected chi connectivity index (χ1v) is 4.76. The van der Waals surface area contributed by atoms with E-state index in [9.17, 15) is 5.11 Å². The Bertz CT molecular complexity index is 364. The molecule has 0 radical (unpaired) electrons. The fourth-order valence-electron chi connectivity index (χ4n) is 1.49. The van der Waals surface area contributed by atoms with Gasteiger partial charge in [0.15, 0.2) is 0 Å². The molecule has 0 fully saturated rings. The molecule has 0 saturated carbocycles. The van der Waals surface area contributed by atoms with Crippen LogP contribution in [0.15, 0.2) is 18.9 Å². The van der Waals surface area contributed by atoms with Gasteiger partial charge in [-0.15, -0.1) is 6.58 Å². The summed E-state index contributed by atoms with van der Waals surface area (Å²) in [5, 5.41) is 18.9. The maximum atomic E-state index is 9.82. The predicted octanol–water partition coefficient (Wildman–Crippen LogP) is 1.16. The van der Waals surface area contributed by atoms with E-state index in [1.807, 2.05) is 0 Å². The Morgan fingerprint density at radius 2 is 2.33 bits per heavy atom. The molecule has 1 rings (SSSR count). The van der Waals surface area contributed by atoms with Gasteiger partial charge in [-0.05, 0) is 13.3 Å². The monoisotopic (exact) mass is 208 g/mol. The maximum absolute atomic E-state index is 9.82. The lowest BCUT2D eigenvalue weighted by atomic mass is 9.98. The highest BCUT2D eigenvalue weighted by molar-refractivity contribution is 5.42. The van der Waals surface area contributed by atoms with Gasteiger partial charge in [-0.25, -0.2) is 0 Å². The molecule has 0 aliphatic carbocycles. The number of hydrogen-bond donors (Lipinski definition) is 3. The summed E-state index contributed by atoms with van der Waals surface area (Å²) in [6, 6.07) is -0.355. The van der Waals surface area contributed by atoms with Gasteiger partial charge in [0, 0.05) is 23.4 Å². The molecule has 1 atom stereocenters. The van der Waals surface area contributed by atoms with Crippen LogP contribution in [0.2, 0.25) is 0 Å². The second-order valence-corrected chi connectivity index (χ2v) is 3.42. The van der Waals surface area contributed by atoms with Crippen LogP contribution < -0.4 is 5.73 Å². The van der Waals surface area contributed by atoms with Crippen molar-refractivity contribution < 1.29 is 10.2 Å². The fourth-order valence-corrected chi connectivity index (χ4v) is 1.49. The molecule has 4 nitrogen and oxygen atoms in total. The van der Waals surface area contributed by atoms with Crippen molar-refractivity contribution in [3.05, 3.63) is 35.7 Å². The summed E-state index contributed by atoms with van der Waals surface area (Å²) in [5.74, 6) is 0.0656. The van der Waals surface area contributed by atoms with Gasteiger partial charge in [0.2, 0.25) is 0 Å². The van der Waals surface area contributed by atoms with E-state index in [1.165, 1.54) is 6.20 Å². The topological polar surface area (TPSA) is 79.4 Å². The van der Waals surface area contributed by atoms with Crippen molar-refractivity contribution in [1.82, 2.24) is 4.98 Å². The first kappa shape index (κ1) is 11.7. The largest absolute Gasteiger partial charge is 0.506 e. The first-order valence-electron chi connectivity index (χ1n) is 4.76. The first-order chi connectivity index (χ1) is 7.11. The molecule has 0 unspecified atom stereocenters. The average molecular weight is 208 g/mol. The van der Waals surface area contributed by atoms with E-state index in [-0.39, 0.29) is 18.4 Å². The summed E-state index contributed by atoms with van der Waals surface area (Å²) < 4.78 is 0. The number of aromatic hydroxyl groups is 1. The standard InChI is InChI=1S/C11H16N2O2/c1-3-4-9(12)10-8(6-14)5-13-7(2)11(10)15/h3,5,9,14-15H,1,4,6,12H2,2H3/t9-/m1/s1. The Hall–Kier alpha value is -1.39. The third-order valence-corrected chi connectivity index (χ3v) is 2.32. The van der Waals surface area contributed by atoms with E-state index in [1.54, 1.807) is 13.0 Å². The zero-order valence-electron chi connectivity index (χ0n) is 8.77. The minimum absolute atomic E-state index is 0.0656. The third kappa shape index (κ3) is 2.34. The van der Waals surface area contributed by atoms with Crippen molar-refractivity contribution in [3.63, 3.8) is 0 Å². The van der Waals surface area contributed by atoms with Crippen LogP contribution in [0.3, 0.4) is 0 Å². The van der Waals surface area contributed by atoms with E-state index in [0.717, 1.165) is 0 Å². The number of aryl methyl sites for hydroxylation is 1. The maximum Gasteiger partial charge on any atom is 0.141 e. The van der Waals surface area contributed by atoms with Crippen molar-refractivity contribution >= 4 is 0 Å². The third-order valence-electron chi connectivity index (χ3n) is 2.32. The van der Waals surface area contributed by atoms with Gasteiger partial charge in [-0.3, -0.25) is 4.98 Å². The summed E-state index contributed by atoms with van der Waals surface area (Å²) >= 11 is 0. The average Bonchev–Trinajstić information content (AvgIpc) is 2.22. The minimum Gasteiger partial charge on any atom is -0.506 e. The quantitative estimate of drug-likeness (QED) is 0.649. The highest BCUT2D eigenvalue weighted by atomic mass is 16.3. The number of hydrogen-bond acceptors (Lipinski definition) is 4. The number of rotatable bonds is 4. The van der Waals surface area contributed by atoms with Gasteiger partial charge < -0.3 is 15.9 Å². The van der Waals surface area contributed by atoms with Crippen molar-refractivity contribution in [1.29, 1.82) is 0 Å². The molecule has 4 heteroatoms. The highest BCUT2D eigenvalue weighted by Crippen LogP contribution is 2.30. The number of nitrogens with two attached hydrogens (primary N) is 1. The molecule has 0 amide bonds. The van der Waals surface area contributed by atoms with Gasteiger partial charge >= 0.3 is 0 Å². The molecular formula is C11H16N2O2. The second kappa shape index (κ2) is 4.91. The molecule has 15 heavy (non-hydrogen) atoms. The number of aliphatic hydroxyl groups excluding tert-OH is 1. The number of pyridine rings is 1. The van der Waals surface area contributed by atoms with Gasteiger partial charge in [0.25, 0.3) is 0 Å². The molecule has 0 aromatic carbocycles. The molecule has 1 aromatic heterocycles. The van der Waals surface area contributed by atoms with E-state index in [0.29, 0.717) is 23.2 Å². The molecule has 1 aromatic rings. The molecule has 0 spiro atoms. The number of aliphatic hydroxyl groups is 1. The van der Waals surface area contributed by atoms with Crippen molar-refractivity contribution in [2.24, 2.45) is 5.73 Å². The Morgan fingerprint density at radius 1 is 1.67 bits per heavy atom. The Labute approximate surface area is 89.1 Å². The fraction of sp³-hybridized carbons (Fsp3) is 0.364. The predicted molar refractivity (Wildman–Crippen MR) is 58.3 cm³/mol. The van der Waals surface area contributed by atoms with Gasteiger partial charge in [-0.2, -0.15) is 0 Å². The molecule has 4 N–H and O–H groups in total. The summed E-state index contributed by atoms with van der Waals surface area (Å²) in [6.45, 7) is 5.11. The Balaban J connectivity index is 3.22. The Morgan fingerprint density at radius 3 is 2.87 bits per heavy atom. The number of aromatic nitrogens is 1. The van der Waals surface area contributed by atoms with Crippen LogP contribution in [0.25, 0.3) is 0 Å². The summed E-state index contributed by atoms with van der Waals surface area (Å²) in [6.07, 6.45) is 3.76. The van der Waals surface area contributed by atoms with Gasteiger partial charge in [0.1, 0.15) is 5.75 Å². The SMILES string of the molecule is C=CC[C@@H](N)c1c(CO)cnc(C)c1O. The van der Waals surface area contributed by atoms with Gasteiger partial charge in [0.05, 0.1) is 12.3 Å². The molecule has 0 bridgehead atoms. The molecule has 0 aliphatic heterocycles. The van der Waals surface area contributed by atoms with Crippen molar-refractivity contribution in [3.8, 4) is 5.75 Å². The molecule has 82 valence electrons. The van der Waals surface area contributed by atoms with Crippen LogP contribution in [-0.4, -0.2) is 15.2 Å². The van der Waals surface area contributed by atoms with Crippen LogP contribution in [0.4, 0.5) is 0 Å². The minimum atomic E-state index is -0.355. The van der Waals surface area contributed by atoms with Gasteiger partial charge in [-0.1, -0.05) is 6.08 Å². The molecule has 0 saturated heterocycles. The molecule has 1 heterocycles. The normalized spacial score (nSPS) is 12.5. The molecule has 0 aliphatic rings.